The lowest BCUT2D eigenvalue weighted by Crippen LogP contribution is -2.60. The normalized spacial score (nSPS) is 22.4. The van der Waals surface area contributed by atoms with Crippen LogP contribution in [0.4, 0.5) is 30.7 Å². The molecular formula is C23H22F7N7O2. The van der Waals surface area contributed by atoms with Crippen molar-refractivity contribution < 1.29 is 40.6 Å². The van der Waals surface area contributed by atoms with Gasteiger partial charge in [0.15, 0.2) is 0 Å². The fourth-order valence-corrected chi connectivity index (χ4v) is 4.59. The van der Waals surface area contributed by atoms with Gasteiger partial charge in [-0.3, -0.25) is 10.00 Å². The Morgan fingerprint density at radius 2 is 1.90 bits per heavy atom. The largest absolute Gasteiger partial charge is 0.493 e. The van der Waals surface area contributed by atoms with Crippen LogP contribution < -0.4 is 10.1 Å². The van der Waals surface area contributed by atoms with E-state index in [4.69, 9.17) is 4.74 Å². The van der Waals surface area contributed by atoms with Crippen LogP contribution in [0, 0.1) is 5.82 Å². The number of aliphatic hydroxyl groups excluding tert-OH is 1. The second-order valence-electron chi connectivity index (χ2n) is 9.38. The standard InChI is InChI=1S/C23H22F7N7O2/c24-16-10-13(39-9-1-7-22(25,26)27)4-5-15(16)21(23(28,29)30)11-14(17-6-8-37(34-17)12-2-3-12)18(20(38)31-21)19-32-35-36-33-19/h4-6,8,10,12,20,31,38H,1-3,7,9,11H2,(H,32,33,35,36)/t20?,21-/m0/s1. The SMILES string of the molecule is OC1N[C@@](c2ccc(OCCCC(F)(F)F)cc2F)(C(F)(F)F)CC(c2ccn(C3CC3)n2)=C1c1nn[nH]n1. The van der Waals surface area contributed by atoms with Crippen molar-refractivity contribution in [2.24, 2.45) is 0 Å². The van der Waals surface area contributed by atoms with Crippen molar-refractivity contribution in [1.82, 2.24) is 35.7 Å². The lowest BCUT2D eigenvalue weighted by Gasteiger charge is -2.43. The molecule has 9 nitrogen and oxygen atoms in total. The number of nitrogens with zero attached hydrogens (tertiary/aromatic N) is 5. The molecule has 210 valence electrons. The number of H-pyrrole nitrogens is 1. The van der Waals surface area contributed by atoms with Gasteiger partial charge in [0.05, 0.1) is 18.3 Å². The van der Waals surface area contributed by atoms with Crippen LogP contribution in [0.3, 0.4) is 0 Å². The summed E-state index contributed by atoms with van der Waals surface area (Å²) in [6.45, 7) is -0.412. The summed E-state index contributed by atoms with van der Waals surface area (Å²) in [6, 6.07) is 4.16. The van der Waals surface area contributed by atoms with E-state index in [0.29, 0.717) is 6.07 Å². The molecule has 3 heterocycles. The summed E-state index contributed by atoms with van der Waals surface area (Å²) in [5, 5.41) is 30.7. The lowest BCUT2D eigenvalue weighted by molar-refractivity contribution is -0.208. The van der Waals surface area contributed by atoms with Gasteiger partial charge in [0.25, 0.3) is 0 Å². The van der Waals surface area contributed by atoms with Crippen LogP contribution >= 0.6 is 0 Å². The topological polar surface area (TPSA) is 114 Å². The van der Waals surface area contributed by atoms with E-state index < -0.39 is 61.4 Å². The van der Waals surface area contributed by atoms with Crippen LogP contribution in [-0.4, -0.2) is 60.7 Å². The summed E-state index contributed by atoms with van der Waals surface area (Å²) in [5.41, 5.74) is -4.00. The molecule has 1 fully saturated rings. The number of aliphatic hydroxyl groups is 1. The molecule has 1 aromatic carbocycles. The molecule has 0 saturated heterocycles. The average molecular weight is 561 g/mol. The third-order valence-corrected chi connectivity index (χ3v) is 6.61. The first-order valence-corrected chi connectivity index (χ1v) is 11.9. The van der Waals surface area contributed by atoms with Gasteiger partial charge in [-0.05, 0) is 42.2 Å². The van der Waals surface area contributed by atoms with Gasteiger partial charge in [-0.15, -0.1) is 10.2 Å². The van der Waals surface area contributed by atoms with Gasteiger partial charge in [0.1, 0.15) is 23.3 Å². The maximum Gasteiger partial charge on any atom is 0.411 e. The number of hydrogen-bond acceptors (Lipinski definition) is 7. The fraction of sp³-hybridized carbons (Fsp3) is 0.478. The average Bonchev–Trinajstić information content (AvgIpc) is 3.33. The maximum atomic E-state index is 15.3. The first kappa shape index (κ1) is 27.1. The first-order valence-electron chi connectivity index (χ1n) is 11.9. The van der Waals surface area contributed by atoms with Crippen LogP contribution in [0.25, 0.3) is 11.1 Å². The zero-order valence-electron chi connectivity index (χ0n) is 20.0. The van der Waals surface area contributed by atoms with Crippen molar-refractivity contribution in [3.8, 4) is 5.75 Å². The molecule has 2 aliphatic rings. The van der Waals surface area contributed by atoms with Crippen LogP contribution in [0.2, 0.25) is 0 Å². The van der Waals surface area contributed by atoms with Crippen LogP contribution in [0.5, 0.6) is 5.75 Å². The minimum atomic E-state index is -5.13. The van der Waals surface area contributed by atoms with Crippen LogP contribution in [0.1, 0.15) is 55.2 Å². The molecule has 3 aromatic rings. The molecule has 2 aromatic heterocycles. The van der Waals surface area contributed by atoms with Crippen molar-refractivity contribution in [1.29, 1.82) is 0 Å². The van der Waals surface area contributed by atoms with E-state index in [1.807, 2.05) is 0 Å². The highest BCUT2D eigenvalue weighted by molar-refractivity contribution is 5.91. The summed E-state index contributed by atoms with van der Waals surface area (Å²) >= 11 is 0. The Balaban J connectivity index is 1.52. The predicted octanol–water partition coefficient (Wildman–Crippen LogP) is 4.27. The number of nitrogens with one attached hydrogen (secondary N) is 2. The zero-order valence-corrected chi connectivity index (χ0v) is 20.0. The molecular weight excluding hydrogens is 539 g/mol. The number of hydrogen-bond donors (Lipinski definition) is 3. The third kappa shape index (κ3) is 5.48. The van der Waals surface area contributed by atoms with Gasteiger partial charge in [-0.2, -0.15) is 36.7 Å². The minimum Gasteiger partial charge on any atom is -0.493 e. The van der Waals surface area contributed by atoms with Gasteiger partial charge in [-0.25, -0.2) is 4.39 Å². The van der Waals surface area contributed by atoms with Crippen molar-refractivity contribution >= 4 is 11.1 Å². The number of alkyl halides is 6. The molecule has 0 radical (unpaired) electrons. The molecule has 2 atom stereocenters. The van der Waals surface area contributed by atoms with Crippen molar-refractivity contribution in [3.63, 3.8) is 0 Å². The van der Waals surface area contributed by atoms with E-state index in [9.17, 15) is 31.4 Å². The Morgan fingerprint density at radius 1 is 1.13 bits per heavy atom. The van der Waals surface area contributed by atoms with E-state index >= 15 is 4.39 Å². The number of halogens is 7. The summed E-state index contributed by atoms with van der Waals surface area (Å²) in [6.07, 6.45) is -10.6. The van der Waals surface area contributed by atoms with E-state index in [1.54, 1.807) is 10.9 Å². The highest BCUT2D eigenvalue weighted by Gasteiger charge is 2.61. The lowest BCUT2D eigenvalue weighted by atomic mass is 9.76. The monoisotopic (exact) mass is 561 g/mol. The highest BCUT2D eigenvalue weighted by atomic mass is 19.4. The molecule has 0 amide bonds. The molecule has 16 heteroatoms. The second kappa shape index (κ2) is 9.89. The summed E-state index contributed by atoms with van der Waals surface area (Å²) in [5.74, 6) is -1.73. The predicted molar refractivity (Wildman–Crippen MR) is 120 cm³/mol. The molecule has 1 aliphatic heterocycles. The number of rotatable bonds is 8. The van der Waals surface area contributed by atoms with Crippen LogP contribution in [0.15, 0.2) is 30.5 Å². The first-order chi connectivity index (χ1) is 18.4. The van der Waals surface area contributed by atoms with Crippen molar-refractivity contribution in [2.45, 2.75) is 62.3 Å². The molecule has 0 bridgehead atoms. The number of benzene rings is 1. The molecule has 0 spiro atoms. The maximum absolute atomic E-state index is 15.3. The summed E-state index contributed by atoms with van der Waals surface area (Å²) in [4.78, 5) is 0. The van der Waals surface area contributed by atoms with E-state index in [1.165, 1.54) is 6.07 Å². The Kier molecular flexibility index (Phi) is 6.86. The van der Waals surface area contributed by atoms with E-state index in [-0.39, 0.29) is 34.5 Å². The third-order valence-electron chi connectivity index (χ3n) is 6.61. The number of ether oxygens (including phenoxy) is 1. The van der Waals surface area contributed by atoms with Gasteiger partial charge in [0.2, 0.25) is 5.82 Å². The summed E-state index contributed by atoms with van der Waals surface area (Å²) in [7, 11) is 0. The van der Waals surface area contributed by atoms with Gasteiger partial charge in [-0.1, -0.05) is 6.07 Å². The Hall–Kier alpha value is -3.53. The van der Waals surface area contributed by atoms with Crippen molar-refractivity contribution in [2.75, 3.05) is 6.61 Å². The molecule has 1 unspecified atom stereocenters. The number of aromatic amines is 1. The Labute approximate surface area is 216 Å². The smallest absolute Gasteiger partial charge is 0.411 e. The van der Waals surface area contributed by atoms with Gasteiger partial charge < -0.3 is 9.84 Å². The minimum absolute atomic E-state index is 0.0637. The quantitative estimate of drug-likeness (QED) is 0.278. The van der Waals surface area contributed by atoms with Crippen molar-refractivity contribution in [3.05, 3.63) is 53.4 Å². The highest BCUT2D eigenvalue weighted by Crippen LogP contribution is 2.51. The van der Waals surface area contributed by atoms with E-state index in [0.717, 1.165) is 25.0 Å². The molecule has 5 rings (SSSR count). The van der Waals surface area contributed by atoms with Crippen LogP contribution in [-0.2, 0) is 5.54 Å². The molecule has 3 N–H and O–H groups in total. The molecule has 39 heavy (non-hydrogen) atoms. The Bertz CT molecular complexity index is 1350. The van der Waals surface area contributed by atoms with Gasteiger partial charge in [0, 0.05) is 36.2 Å². The number of aromatic nitrogens is 6. The second-order valence-corrected chi connectivity index (χ2v) is 9.38. The fourth-order valence-electron chi connectivity index (χ4n) is 4.59. The van der Waals surface area contributed by atoms with Gasteiger partial charge >= 0.3 is 12.4 Å². The number of tetrazole rings is 1. The zero-order chi connectivity index (χ0) is 28.0. The summed E-state index contributed by atoms with van der Waals surface area (Å²) < 4.78 is 103. The Morgan fingerprint density at radius 3 is 2.51 bits per heavy atom. The molecule has 1 saturated carbocycles. The van der Waals surface area contributed by atoms with E-state index in [2.05, 4.69) is 31.0 Å². The molecule has 1 aliphatic carbocycles.